The van der Waals surface area contributed by atoms with Crippen molar-refractivity contribution in [3.63, 3.8) is 0 Å². The third-order valence-corrected chi connectivity index (χ3v) is 4.41. The molecule has 0 aromatic carbocycles. The summed E-state index contributed by atoms with van der Waals surface area (Å²) in [5.41, 5.74) is 0. The predicted octanol–water partition coefficient (Wildman–Crippen LogP) is 2.85. The fraction of sp³-hybridized carbons (Fsp3) is 0.700. The molecule has 1 atom stereocenters. The Balaban J connectivity index is 2.48. The molecule has 1 rings (SSSR count). The first-order valence-corrected chi connectivity index (χ1v) is 7.11. The van der Waals surface area contributed by atoms with E-state index in [-0.39, 0.29) is 5.97 Å². The highest BCUT2D eigenvalue weighted by atomic mass is 32.2. The molecular weight excluding hydrogens is 244 g/mol. The zero-order valence-corrected chi connectivity index (χ0v) is 11.4. The smallest absolute Gasteiger partial charge is 0.369 e. The molecule has 0 fully saturated rings. The Hall–Kier alpha value is -0.620. The van der Waals surface area contributed by atoms with Gasteiger partial charge in [0.05, 0.1) is 6.61 Å². The lowest BCUT2D eigenvalue weighted by Crippen LogP contribution is -2.03. The monoisotopic (exact) mass is 260 g/mol. The number of thioether (sulfide) groups is 1. The molecule has 0 aliphatic carbocycles. The van der Waals surface area contributed by atoms with Crippen LogP contribution in [-0.2, 0) is 4.74 Å². The van der Waals surface area contributed by atoms with Crippen LogP contribution in [0.1, 0.15) is 37.0 Å². The largest absolute Gasteiger partial charge is 0.461 e. The predicted molar refractivity (Wildman–Crippen MR) is 66.0 cm³/mol. The highest BCUT2D eigenvalue weighted by molar-refractivity contribution is 8.01. The topological polar surface area (TPSA) is 52.1 Å². The molecule has 0 saturated carbocycles. The lowest BCUT2D eigenvalue weighted by molar-refractivity contribution is 0.0525. The summed E-state index contributed by atoms with van der Waals surface area (Å²) in [6.07, 6.45) is 1.15. The van der Waals surface area contributed by atoms with Crippen LogP contribution in [0.5, 0.6) is 0 Å². The zero-order valence-electron chi connectivity index (χ0n) is 9.73. The number of rotatable bonds is 6. The summed E-state index contributed by atoms with van der Waals surface area (Å²) >= 11 is 2.95. The molecule has 1 aromatic rings. The molecular formula is C10H16N2O2S2. The Morgan fingerprint density at radius 2 is 2.25 bits per heavy atom. The number of hydrogen-bond donors (Lipinski definition) is 0. The molecule has 90 valence electrons. The highest BCUT2D eigenvalue weighted by Gasteiger charge is 2.14. The lowest BCUT2D eigenvalue weighted by Gasteiger charge is -2.03. The number of aromatic nitrogens is 2. The molecule has 6 heteroatoms. The van der Waals surface area contributed by atoms with Crippen molar-refractivity contribution < 1.29 is 9.53 Å². The van der Waals surface area contributed by atoms with Crippen LogP contribution in [-0.4, -0.2) is 28.5 Å². The molecule has 0 N–H and O–H groups in total. The van der Waals surface area contributed by atoms with Gasteiger partial charge in [0, 0.05) is 5.75 Å². The Morgan fingerprint density at radius 1 is 1.50 bits per heavy atom. The van der Waals surface area contributed by atoms with Gasteiger partial charge in [0.15, 0.2) is 4.34 Å². The number of nitrogens with zero attached hydrogens (tertiary/aromatic N) is 2. The molecule has 1 heterocycles. The van der Waals surface area contributed by atoms with Crippen molar-refractivity contribution in [2.45, 2.75) is 31.5 Å². The minimum atomic E-state index is -0.379. The summed E-state index contributed by atoms with van der Waals surface area (Å²) in [5.74, 6) is 1.28. The number of carbonyl (C=O) groups is 1. The Bertz CT molecular complexity index is 341. The number of esters is 1. The minimum absolute atomic E-state index is 0.341. The van der Waals surface area contributed by atoms with Crippen LogP contribution in [0, 0.1) is 5.92 Å². The van der Waals surface area contributed by atoms with E-state index in [1.165, 1.54) is 11.3 Å². The van der Waals surface area contributed by atoms with Gasteiger partial charge in [-0.3, -0.25) is 0 Å². The summed E-state index contributed by atoms with van der Waals surface area (Å²) in [6, 6.07) is 0. The van der Waals surface area contributed by atoms with E-state index in [0.717, 1.165) is 16.5 Å². The van der Waals surface area contributed by atoms with Gasteiger partial charge in [-0.15, -0.1) is 10.2 Å². The molecule has 1 unspecified atom stereocenters. The van der Waals surface area contributed by atoms with Gasteiger partial charge in [-0.25, -0.2) is 4.79 Å². The molecule has 4 nitrogen and oxygen atoms in total. The van der Waals surface area contributed by atoms with E-state index >= 15 is 0 Å². The second kappa shape index (κ2) is 6.85. The summed E-state index contributed by atoms with van der Waals surface area (Å²) < 4.78 is 5.68. The zero-order chi connectivity index (χ0) is 12.0. The SMILES string of the molecule is CCOC(=O)c1nnc(SCC(C)CC)s1. The van der Waals surface area contributed by atoms with Gasteiger partial charge >= 0.3 is 5.97 Å². The van der Waals surface area contributed by atoms with Crippen LogP contribution < -0.4 is 0 Å². The van der Waals surface area contributed by atoms with Crippen molar-refractivity contribution in [1.82, 2.24) is 10.2 Å². The van der Waals surface area contributed by atoms with Crippen molar-refractivity contribution in [1.29, 1.82) is 0 Å². The molecule has 0 bridgehead atoms. The Morgan fingerprint density at radius 3 is 2.88 bits per heavy atom. The van der Waals surface area contributed by atoms with Gasteiger partial charge in [-0.1, -0.05) is 43.4 Å². The normalized spacial score (nSPS) is 12.4. The standard InChI is InChI=1S/C10H16N2O2S2/c1-4-7(3)6-15-10-12-11-8(16-10)9(13)14-5-2/h7H,4-6H2,1-3H3. The van der Waals surface area contributed by atoms with Gasteiger partial charge in [-0.05, 0) is 12.8 Å². The van der Waals surface area contributed by atoms with E-state index in [0.29, 0.717) is 17.5 Å². The van der Waals surface area contributed by atoms with Crippen LogP contribution in [0.3, 0.4) is 0 Å². The fourth-order valence-corrected chi connectivity index (χ4v) is 2.78. The van der Waals surface area contributed by atoms with Crippen LogP contribution in [0.15, 0.2) is 4.34 Å². The molecule has 0 spiro atoms. The fourth-order valence-electron chi connectivity index (χ4n) is 0.875. The second-order valence-electron chi connectivity index (χ2n) is 3.42. The van der Waals surface area contributed by atoms with E-state index in [4.69, 9.17) is 4.74 Å². The molecule has 0 radical (unpaired) electrons. The minimum Gasteiger partial charge on any atom is -0.461 e. The van der Waals surface area contributed by atoms with Crippen molar-refractivity contribution in [3.8, 4) is 0 Å². The van der Waals surface area contributed by atoms with Gasteiger partial charge < -0.3 is 4.74 Å². The number of ether oxygens (including phenoxy) is 1. The maximum atomic E-state index is 11.3. The highest BCUT2D eigenvalue weighted by Crippen LogP contribution is 2.25. The van der Waals surface area contributed by atoms with E-state index in [9.17, 15) is 4.79 Å². The van der Waals surface area contributed by atoms with Crippen molar-refractivity contribution in [3.05, 3.63) is 5.01 Å². The Kier molecular flexibility index (Phi) is 5.76. The van der Waals surface area contributed by atoms with Crippen molar-refractivity contribution in [2.75, 3.05) is 12.4 Å². The Labute approximate surface area is 104 Å². The average molecular weight is 260 g/mol. The molecule has 0 aliphatic rings. The molecule has 0 aliphatic heterocycles. The molecule has 0 amide bonds. The first-order chi connectivity index (χ1) is 7.67. The lowest BCUT2D eigenvalue weighted by atomic mass is 10.2. The third-order valence-electron chi connectivity index (χ3n) is 2.04. The number of hydrogen-bond acceptors (Lipinski definition) is 6. The van der Waals surface area contributed by atoms with Crippen LogP contribution in [0.2, 0.25) is 0 Å². The molecule has 1 aromatic heterocycles. The molecule has 16 heavy (non-hydrogen) atoms. The third kappa shape index (κ3) is 4.09. The molecule has 0 saturated heterocycles. The quantitative estimate of drug-likeness (QED) is 0.581. The van der Waals surface area contributed by atoms with Crippen LogP contribution in [0.25, 0.3) is 0 Å². The first-order valence-electron chi connectivity index (χ1n) is 5.30. The van der Waals surface area contributed by atoms with Gasteiger partial charge in [0.25, 0.3) is 0 Å². The maximum Gasteiger partial charge on any atom is 0.369 e. The van der Waals surface area contributed by atoms with E-state index in [1.54, 1.807) is 18.7 Å². The van der Waals surface area contributed by atoms with E-state index in [1.807, 2.05) is 0 Å². The van der Waals surface area contributed by atoms with Gasteiger partial charge in [-0.2, -0.15) is 0 Å². The summed E-state index contributed by atoms with van der Waals surface area (Å²) in [5, 5.41) is 8.11. The first kappa shape index (κ1) is 13.4. The summed E-state index contributed by atoms with van der Waals surface area (Å²) in [7, 11) is 0. The van der Waals surface area contributed by atoms with E-state index in [2.05, 4.69) is 24.0 Å². The van der Waals surface area contributed by atoms with Crippen molar-refractivity contribution >= 4 is 29.1 Å². The van der Waals surface area contributed by atoms with Gasteiger partial charge in [0.1, 0.15) is 0 Å². The average Bonchev–Trinajstić information content (AvgIpc) is 2.75. The second-order valence-corrected chi connectivity index (χ2v) is 5.66. The number of carbonyl (C=O) groups excluding carboxylic acids is 1. The van der Waals surface area contributed by atoms with Gasteiger partial charge in [0.2, 0.25) is 5.01 Å². The summed E-state index contributed by atoms with van der Waals surface area (Å²) in [6.45, 7) is 6.50. The van der Waals surface area contributed by atoms with Crippen LogP contribution >= 0.6 is 23.1 Å². The summed E-state index contributed by atoms with van der Waals surface area (Å²) in [4.78, 5) is 11.3. The van der Waals surface area contributed by atoms with Crippen LogP contribution in [0.4, 0.5) is 0 Å². The van der Waals surface area contributed by atoms with Crippen molar-refractivity contribution in [2.24, 2.45) is 5.92 Å². The van der Waals surface area contributed by atoms with E-state index < -0.39 is 0 Å². The maximum absolute atomic E-state index is 11.3.